The van der Waals surface area contributed by atoms with Crippen LogP contribution in [0.15, 0.2) is 39.6 Å². The fraction of sp³-hybridized carbons (Fsp3) is 0.0909. The van der Waals surface area contributed by atoms with Crippen LogP contribution in [0.2, 0.25) is 10.0 Å². The van der Waals surface area contributed by atoms with E-state index >= 15 is 0 Å². The first-order valence-corrected chi connectivity index (χ1v) is 6.88. The van der Waals surface area contributed by atoms with Gasteiger partial charge in [-0.25, -0.2) is 0 Å². The predicted molar refractivity (Wildman–Crippen MR) is 73.6 cm³/mol. The van der Waals surface area contributed by atoms with Crippen LogP contribution < -0.4 is 0 Å². The van der Waals surface area contributed by atoms with Crippen LogP contribution in [0.4, 0.5) is 0 Å². The van der Waals surface area contributed by atoms with Gasteiger partial charge in [0.2, 0.25) is 0 Å². The molecule has 1 atom stereocenters. The molecular formula is C11H6Br2Cl2O. The average molecular weight is 385 g/mol. The monoisotopic (exact) mass is 382 g/mol. The number of alkyl halides is 1. The lowest BCUT2D eigenvalue weighted by atomic mass is 10.1. The van der Waals surface area contributed by atoms with E-state index in [0.717, 1.165) is 11.1 Å². The van der Waals surface area contributed by atoms with E-state index in [-0.39, 0.29) is 4.83 Å². The van der Waals surface area contributed by atoms with Gasteiger partial charge in [-0.3, -0.25) is 0 Å². The van der Waals surface area contributed by atoms with Crippen molar-refractivity contribution in [2.24, 2.45) is 0 Å². The number of furan rings is 1. The highest BCUT2D eigenvalue weighted by atomic mass is 79.9. The molecule has 1 heterocycles. The van der Waals surface area contributed by atoms with Crippen molar-refractivity contribution < 1.29 is 4.42 Å². The summed E-state index contributed by atoms with van der Waals surface area (Å²) in [6.07, 6.45) is 1.62. The normalized spacial score (nSPS) is 12.8. The smallest absolute Gasteiger partial charge is 0.173 e. The molecule has 1 unspecified atom stereocenters. The van der Waals surface area contributed by atoms with Crippen LogP contribution in [0.5, 0.6) is 0 Å². The van der Waals surface area contributed by atoms with E-state index < -0.39 is 0 Å². The lowest BCUT2D eigenvalue weighted by Gasteiger charge is -2.11. The second-order valence-electron chi connectivity index (χ2n) is 3.18. The van der Waals surface area contributed by atoms with Crippen LogP contribution in [0.3, 0.4) is 0 Å². The molecule has 84 valence electrons. The van der Waals surface area contributed by atoms with Crippen molar-refractivity contribution in [2.45, 2.75) is 4.83 Å². The molecule has 1 aromatic heterocycles. The van der Waals surface area contributed by atoms with Crippen molar-refractivity contribution in [3.63, 3.8) is 0 Å². The first kappa shape index (κ1) is 12.5. The van der Waals surface area contributed by atoms with E-state index in [0.29, 0.717) is 14.7 Å². The van der Waals surface area contributed by atoms with E-state index in [1.807, 2.05) is 12.1 Å². The summed E-state index contributed by atoms with van der Waals surface area (Å²) in [6.45, 7) is 0. The Balaban J connectivity index is 2.45. The van der Waals surface area contributed by atoms with Crippen molar-refractivity contribution in [3.8, 4) is 0 Å². The van der Waals surface area contributed by atoms with Crippen LogP contribution in [0.1, 0.15) is 16.0 Å². The highest BCUT2D eigenvalue weighted by molar-refractivity contribution is 9.10. The summed E-state index contributed by atoms with van der Waals surface area (Å²) in [5.41, 5.74) is 1.89. The molecule has 0 N–H and O–H groups in total. The molecule has 16 heavy (non-hydrogen) atoms. The first-order valence-electron chi connectivity index (χ1n) is 4.41. The minimum Gasteiger partial charge on any atom is -0.457 e. The van der Waals surface area contributed by atoms with Gasteiger partial charge in [-0.05, 0) is 45.8 Å². The first-order chi connectivity index (χ1) is 7.59. The standard InChI is InChI=1S/C11H6Br2Cl2O/c12-10(7-3-4-16-11(7)13)8-5-6(14)1-2-9(8)15/h1-5,10H. The molecule has 5 heteroatoms. The lowest BCUT2D eigenvalue weighted by molar-refractivity contribution is 0.537. The molecule has 0 saturated heterocycles. The van der Waals surface area contributed by atoms with Crippen LogP contribution in [0, 0.1) is 0 Å². The largest absolute Gasteiger partial charge is 0.457 e. The second-order valence-corrected chi connectivity index (χ2v) is 5.66. The lowest BCUT2D eigenvalue weighted by Crippen LogP contribution is -1.92. The van der Waals surface area contributed by atoms with Crippen molar-refractivity contribution in [3.05, 3.63) is 56.4 Å². The van der Waals surface area contributed by atoms with Crippen molar-refractivity contribution in [1.29, 1.82) is 0 Å². The van der Waals surface area contributed by atoms with Crippen LogP contribution in [0.25, 0.3) is 0 Å². The Morgan fingerprint density at radius 2 is 1.88 bits per heavy atom. The number of hydrogen-bond acceptors (Lipinski definition) is 1. The SMILES string of the molecule is Clc1ccc(Cl)c(C(Br)c2ccoc2Br)c1. The third-order valence-corrected chi connectivity index (χ3v) is 4.36. The maximum atomic E-state index is 6.13. The molecular weight excluding hydrogens is 379 g/mol. The van der Waals surface area contributed by atoms with E-state index in [1.165, 1.54) is 0 Å². The van der Waals surface area contributed by atoms with E-state index in [2.05, 4.69) is 31.9 Å². The van der Waals surface area contributed by atoms with Crippen molar-refractivity contribution in [2.75, 3.05) is 0 Å². The van der Waals surface area contributed by atoms with Gasteiger partial charge in [0, 0.05) is 15.6 Å². The van der Waals surface area contributed by atoms with E-state index in [9.17, 15) is 0 Å². The predicted octanol–water partition coefficient (Wildman–Crippen LogP) is 5.83. The van der Waals surface area contributed by atoms with Crippen molar-refractivity contribution >= 4 is 55.1 Å². The van der Waals surface area contributed by atoms with Crippen LogP contribution in [-0.4, -0.2) is 0 Å². The van der Waals surface area contributed by atoms with Crippen LogP contribution >= 0.6 is 55.1 Å². The van der Waals surface area contributed by atoms with Gasteiger partial charge < -0.3 is 4.42 Å². The van der Waals surface area contributed by atoms with Gasteiger partial charge in [0.1, 0.15) is 0 Å². The van der Waals surface area contributed by atoms with Gasteiger partial charge >= 0.3 is 0 Å². The maximum absolute atomic E-state index is 6.13. The van der Waals surface area contributed by atoms with E-state index in [1.54, 1.807) is 18.4 Å². The summed E-state index contributed by atoms with van der Waals surface area (Å²) < 4.78 is 5.87. The van der Waals surface area contributed by atoms with Gasteiger partial charge in [0.05, 0.1) is 11.1 Å². The molecule has 0 spiro atoms. The van der Waals surface area contributed by atoms with Gasteiger partial charge in [0.25, 0.3) is 0 Å². The molecule has 0 saturated carbocycles. The fourth-order valence-electron chi connectivity index (χ4n) is 1.36. The minimum absolute atomic E-state index is 0.0492. The fourth-order valence-corrected chi connectivity index (χ4v) is 3.42. The second kappa shape index (κ2) is 5.13. The third-order valence-electron chi connectivity index (χ3n) is 2.15. The number of hydrogen-bond donors (Lipinski definition) is 0. The Hall–Kier alpha value is 0.0400. The van der Waals surface area contributed by atoms with Gasteiger partial charge in [-0.15, -0.1) is 0 Å². The molecule has 1 aromatic carbocycles. The van der Waals surface area contributed by atoms with Crippen molar-refractivity contribution in [1.82, 2.24) is 0 Å². The highest BCUT2D eigenvalue weighted by Gasteiger charge is 2.18. The van der Waals surface area contributed by atoms with Gasteiger partial charge in [0.15, 0.2) is 4.67 Å². The highest BCUT2D eigenvalue weighted by Crippen LogP contribution is 2.39. The zero-order valence-corrected chi connectivity index (χ0v) is 12.6. The Labute approximate surface area is 120 Å². The topological polar surface area (TPSA) is 13.1 Å². The third kappa shape index (κ3) is 2.48. The molecule has 0 radical (unpaired) electrons. The summed E-state index contributed by atoms with van der Waals surface area (Å²) >= 11 is 19.0. The quantitative estimate of drug-likeness (QED) is 0.593. The molecule has 2 rings (SSSR count). The van der Waals surface area contributed by atoms with Gasteiger partial charge in [-0.1, -0.05) is 39.1 Å². The minimum atomic E-state index is -0.0492. The van der Waals surface area contributed by atoms with Gasteiger partial charge in [-0.2, -0.15) is 0 Å². The molecule has 0 aliphatic carbocycles. The van der Waals surface area contributed by atoms with Crippen LogP contribution in [-0.2, 0) is 0 Å². The summed E-state index contributed by atoms with van der Waals surface area (Å²) in [4.78, 5) is -0.0492. The molecule has 0 aliphatic rings. The molecule has 0 fully saturated rings. The maximum Gasteiger partial charge on any atom is 0.173 e. The number of benzene rings is 1. The Morgan fingerprint density at radius 1 is 1.12 bits per heavy atom. The number of rotatable bonds is 2. The molecule has 2 aromatic rings. The molecule has 0 bridgehead atoms. The molecule has 1 nitrogen and oxygen atoms in total. The zero-order valence-electron chi connectivity index (χ0n) is 7.88. The van der Waals surface area contributed by atoms with E-state index in [4.69, 9.17) is 27.6 Å². The molecule has 0 amide bonds. The number of halogens is 4. The molecule has 0 aliphatic heterocycles. The Bertz CT molecular complexity index is 510. The Morgan fingerprint density at radius 3 is 2.50 bits per heavy atom. The Kier molecular flexibility index (Phi) is 4.01. The zero-order chi connectivity index (χ0) is 11.7. The summed E-state index contributed by atoms with van der Waals surface area (Å²) in [5.74, 6) is 0. The summed E-state index contributed by atoms with van der Waals surface area (Å²) in [6, 6.07) is 7.25. The average Bonchev–Trinajstić information content (AvgIpc) is 2.67. The summed E-state index contributed by atoms with van der Waals surface area (Å²) in [7, 11) is 0. The summed E-state index contributed by atoms with van der Waals surface area (Å²) in [5, 5.41) is 1.32.